The van der Waals surface area contributed by atoms with E-state index >= 15 is 0 Å². The maximum Gasteiger partial charge on any atom is 0.303 e. The van der Waals surface area contributed by atoms with Crippen LogP contribution in [-0.2, 0) is 4.79 Å². The van der Waals surface area contributed by atoms with Crippen molar-refractivity contribution in [1.29, 1.82) is 0 Å². The highest BCUT2D eigenvalue weighted by atomic mass is 16.4. The van der Waals surface area contributed by atoms with Gasteiger partial charge in [0.1, 0.15) is 5.52 Å². The molecule has 0 aliphatic rings. The number of benzene rings is 1. The Bertz CT molecular complexity index is 577. The summed E-state index contributed by atoms with van der Waals surface area (Å²) in [6.07, 6.45) is 0.0526. The van der Waals surface area contributed by atoms with Gasteiger partial charge in [0.05, 0.1) is 0 Å². The van der Waals surface area contributed by atoms with E-state index in [1.165, 1.54) is 0 Å². The third-order valence-corrected chi connectivity index (χ3v) is 3.01. The van der Waals surface area contributed by atoms with Gasteiger partial charge in [0, 0.05) is 19.4 Å². The van der Waals surface area contributed by atoms with Crippen LogP contribution in [0, 0.1) is 12.8 Å². The topological polar surface area (TPSA) is 89.3 Å². The van der Waals surface area contributed by atoms with Crippen LogP contribution in [0.15, 0.2) is 22.6 Å². The summed E-state index contributed by atoms with van der Waals surface area (Å²) in [6, 6.07) is 5.21. The number of carboxylic acid groups (broad SMARTS) is 1. The van der Waals surface area contributed by atoms with Crippen molar-refractivity contribution in [2.24, 2.45) is 11.7 Å². The molecule has 0 spiro atoms. The number of oxazole rings is 1. The molecule has 2 rings (SSSR count). The summed E-state index contributed by atoms with van der Waals surface area (Å²) in [5.74, 6) is -0.362. The van der Waals surface area contributed by atoms with Crippen molar-refractivity contribution >= 4 is 17.1 Å². The molecular weight excluding hydrogens is 232 g/mol. The Labute approximate surface area is 105 Å². The predicted octanol–water partition coefficient (Wildman–Crippen LogP) is 2.25. The van der Waals surface area contributed by atoms with Crippen LogP contribution < -0.4 is 5.73 Å². The molecule has 1 aromatic heterocycles. The molecule has 0 bridgehead atoms. The molecule has 2 aromatic rings. The average molecular weight is 248 g/mol. The Morgan fingerprint density at radius 2 is 2.28 bits per heavy atom. The minimum absolute atomic E-state index is 0.0526. The number of nitrogens with two attached hydrogens (primary N) is 1. The molecule has 2 unspecified atom stereocenters. The second-order valence-electron chi connectivity index (χ2n) is 4.56. The van der Waals surface area contributed by atoms with E-state index in [0.717, 1.165) is 11.1 Å². The molecule has 5 heteroatoms. The van der Waals surface area contributed by atoms with Crippen molar-refractivity contribution in [1.82, 2.24) is 4.98 Å². The summed E-state index contributed by atoms with van der Waals surface area (Å²) in [4.78, 5) is 14.9. The van der Waals surface area contributed by atoms with Gasteiger partial charge in [-0.2, -0.15) is 0 Å². The van der Waals surface area contributed by atoms with Crippen molar-refractivity contribution in [3.8, 4) is 0 Å². The van der Waals surface area contributed by atoms with Crippen molar-refractivity contribution in [3.05, 3.63) is 29.7 Å². The highest BCUT2D eigenvalue weighted by molar-refractivity contribution is 5.73. The summed E-state index contributed by atoms with van der Waals surface area (Å²) in [7, 11) is 0. The number of aliphatic carboxylic acids is 1. The Morgan fingerprint density at radius 1 is 1.56 bits per heavy atom. The number of aromatic nitrogens is 1. The SMILES string of the molecule is Cc1nc2cc(C(N)C(C)CC(=O)O)ccc2o1. The van der Waals surface area contributed by atoms with Crippen LogP contribution in [0.25, 0.3) is 11.1 Å². The van der Waals surface area contributed by atoms with Gasteiger partial charge in [-0.1, -0.05) is 13.0 Å². The molecular formula is C13H16N2O3. The number of hydrogen-bond donors (Lipinski definition) is 2. The maximum absolute atomic E-state index is 10.7. The molecule has 0 fully saturated rings. The molecule has 0 aliphatic carbocycles. The van der Waals surface area contributed by atoms with Crippen LogP contribution in [0.1, 0.15) is 30.8 Å². The monoisotopic (exact) mass is 248 g/mol. The first-order valence-corrected chi connectivity index (χ1v) is 5.82. The average Bonchev–Trinajstić information content (AvgIpc) is 2.65. The molecule has 0 radical (unpaired) electrons. The summed E-state index contributed by atoms with van der Waals surface area (Å²) in [5, 5.41) is 8.77. The third-order valence-electron chi connectivity index (χ3n) is 3.01. The number of aryl methyl sites for hydroxylation is 1. The first-order valence-electron chi connectivity index (χ1n) is 5.82. The first-order chi connectivity index (χ1) is 8.47. The summed E-state index contributed by atoms with van der Waals surface area (Å²) in [5.41, 5.74) is 8.41. The van der Waals surface area contributed by atoms with Crippen LogP contribution in [0.5, 0.6) is 0 Å². The van der Waals surface area contributed by atoms with E-state index in [2.05, 4.69) is 4.98 Å². The molecule has 2 atom stereocenters. The van der Waals surface area contributed by atoms with Crippen molar-refractivity contribution in [3.63, 3.8) is 0 Å². The van der Waals surface area contributed by atoms with Gasteiger partial charge in [-0.3, -0.25) is 4.79 Å². The zero-order chi connectivity index (χ0) is 13.3. The minimum Gasteiger partial charge on any atom is -0.481 e. The molecule has 0 aliphatic heterocycles. The van der Waals surface area contributed by atoms with E-state index in [1.807, 2.05) is 25.1 Å². The van der Waals surface area contributed by atoms with Crippen LogP contribution in [0.3, 0.4) is 0 Å². The fourth-order valence-corrected chi connectivity index (χ4v) is 2.00. The van der Waals surface area contributed by atoms with Crippen LogP contribution in [-0.4, -0.2) is 16.1 Å². The smallest absolute Gasteiger partial charge is 0.303 e. The van der Waals surface area contributed by atoms with Gasteiger partial charge in [0.25, 0.3) is 0 Å². The zero-order valence-corrected chi connectivity index (χ0v) is 10.4. The highest BCUT2D eigenvalue weighted by Gasteiger charge is 2.18. The Morgan fingerprint density at radius 3 is 2.94 bits per heavy atom. The normalized spacial score (nSPS) is 14.6. The molecule has 1 heterocycles. The number of carbonyl (C=O) groups is 1. The maximum atomic E-state index is 10.7. The van der Waals surface area contributed by atoms with E-state index in [-0.39, 0.29) is 18.4 Å². The van der Waals surface area contributed by atoms with E-state index in [0.29, 0.717) is 11.5 Å². The third kappa shape index (κ3) is 2.51. The number of fused-ring (bicyclic) bond motifs is 1. The van der Waals surface area contributed by atoms with Gasteiger partial charge in [-0.05, 0) is 23.6 Å². The molecule has 18 heavy (non-hydrogen) atoms. The molecule has 96 valence electrons. The summed E-state index contributed by atoms with van der Waals surface area (Å²) >= 11 is 0. The van der Waals surface area contributed by atoms with Gasteiger partial charge in [0.2, 0.25) is 0 Å². The fourth-order valence-electron chi connectivity index (χ4n) is 2.00. The minimum atomic E-state index is -0.837. The van der Waals surface area contributed by atoms with Crippen molar-refractivity contribution in [2.45, 2.75) is 26.3 Å². The number of rotatable bonds is 4. The van der Waals surface area contributed by atoms with Crippen molar-refractivity contribution in [2.75, 3.05) is 0 Å². The lowest BCUT2D eigenvalue weighted by Crippen LogP contribution is -2.21. The molecule has 3 N–H and O–H groups in total. The number of nitrogens with zero attached hydrogens (tertiary/aromatic N) is 1. The van der Waals surface area contributed by atoms with E-state index in [4.69, 9.17) is 15.3 Å². The van der Waals surface area contributed by atoms with Crippen molar-refractivity contribution < 1.29 is 14.3 Å². The van der Waals surface area contributed by atoms with Crippen LogP contribution >= 0.6 is 0 Å². The standard InChI is InChI=1S/C13H16N2O3/c1-7(5-12(16)17)13(14)9-3-4-11-10(6-9)15-8(2)18-11/h3-4,6-7,13H,5,14H2,1-2H3,(H,16,17). The fraction of sp³-hybridized carbons (Fsp3) is 0.385. The molecule has 0 saturated carbocycles. The quantitative estimate of drug-likeness (QED) is 0.866. The van der Waals surface area contributed by atoms with E-state index in [9.17, 15) is 4.79 Å². The molecule has 5 nitrogen and oxygen atoms in total. The Kier molecular flexibility index (Phi) is 3.34. The van der Waals surface area contributed by atoms with Crippen LogP contribution in [0.2, 0.25) is 0 Å². The highest BCUT2D eigenvalue weighted by Crippen LogP contribution is 2.25. The summed E-state index contributed by atoms with van der Waals surface area (Å²) in [6.45, 7) is 3.61. The largest absolute Gasteiger partial charge is 0.481 e. The second-order valence-corrected chi connectivity index (χ2v) is 4.56. The lowest BCUT2D eigenvalue weighted by atomic mass is 9.92. The lowest BCUT2D eigenvalue weighted by molar-refractivity contribution is -0.138. The van der Waals surface area contributed by atoms with Gasteiger partial charge < -0.3 is 15.3 Å². The zero-order valence-electron chi connectivity index (χ0n) is 10.4. The number of carboxylic acids is 1. The molecule has 1 aromatic carbocycles. The molecule has 0 amide bonds. The number of hydrogen-bond acceptors (Lipinski definition) is 4. The van der Waals surface area contributed by atoms with Crippen LogP contribution in [0.4, 0.5) is 0 Å². The first kappa shape index (κ1) is 12.6. The Hall–Kier alpha value is -1.88. The van der Waals surface area contributed by atoms with Gasteiger partial charge >= 0.3 is 5.97 Å². The molecule has 0 saturated heterocycles. The van der Waals surface area contributed by atoms with Gasteiger partial charge in [-0.25, -0.2) is 4.98 Å². The van der Waals surface area contributed by atoms with Gasteiger partial charge in [0.15, 0.2) is 11.5 Å². The van der Waals surface area contributed by atoms with E-state index < -0.39 is 5.97 Å². The predicted molar refractivity (Wildman–Crippen MR) is 67.1 cm³/mol. The van der Waals surface area contributed by atoms with Gasteiger partial charge in [-0.15, -0.1) is 0 Å². The Balaban J connectivity index is 2.26. The second kappa shape index (κ2) is 4.78. The lowest BCUT2D eigenvalue weighted by Gasteiger charge is -2.18. The van der Waals surface area contributed by atoms with E-state index in [1.54, 1.807) is 6.92 Å². The summed E-state index contributed by atoms with van der Waals surface area (Å²) < 4.78 is 5.38.